The van der Waals surface area contributed by atoms with Gasteiger partial charge in [-0.3, -0.25) is 10.1 Å². The third-order valence-corrected chi connectivity index (χ3v) is 2.82. The summed E-state index contributed by atoms with van der Waals surface area (Å²) in [4.78, 5) is 14.5. The Bertz CT molecular complexity index is 704. The van der Waals surface area contributed by atoms with Gasteiger partial charge in [0.2, 0.25) is 12.7 Å². The lowest BCUT2D eigenvalue weighted by Gasteiger charge is -2.07. The van der Waals surface area contributed by atoms with Crippen LogP contribution in [0.15, 0.2) is 30.3 Å². The van der Waals surface area contributed by atoms with Gasteiger partial charge in [-0.1, -0.05) is 0 Å². The summed E-state index contributed by atoms with van der Waals surface area (Å²) < 4.78 is 16.0. The van der Waals surface area contributed by atoms with E-state index in [2.05, 4.69) is 10.3 Å². The molecule has 0 saturated heterocycles. The number of nitrogens with zero attached hydrogens (tertiary/aromatic N) is 2. The molecule has 0 spiro atoms. The molecule has 1 aromatic carbocycles. The predicted molar refractivity (Wildman–Crippen MR) is 73.1 cm³/mol. The van der Waals surface area contributed by atoms with E-state index < -0.39 is 4.92 Å². The van der Waals surface area contributed by atoms with Crippen molar-refractivity contribution in [2.24, 2.45) is 0 Å². The highest BCUT2D eigenvalue weighted by Crippen LogP contribution is 2.36. The lowest BCUT2D eigenvalue weighted by atomic mass is 10.3. The summed E-state index contributed by atoms with van der Waals surface area (Å²) in [6, 6.07) is 7.60. The minimum atomic E-state index is -0.505. The quantitative estimate of drug-likeness (QED) is 0.682. The van der Waals surface area contributed by atoms with E-state index in [-0.39, 0.29) is 18.4 Å². The molecule has 0 saturated carbocycles. The van der Waals surface area contributed by atoms with E-state index in [1.54, 1.807) is 25.2 Å². The number of ether oxygens (including phenoxy) is 3. The van der Waals surface area contributed by atoms with Crippen molar-refractivity contribution >= 4 is 11.5 Å². The van der Waals surface area contributed by atoms with Crippen LogP contribution in [-0.4, -0.2) is 23.7 Å². The summed E-state index contributed by atoms with van der Waals surface area (Å²) in [6.07, 6.45) is 0. The molecule has 1 aliphatic rings. The molecule has 8 nitrogen and oxygen atoms in total. The minimum absolute atomic E-state index is 0.106. The SMILES string of the molecule is CNc1cc([N+](=O)[O-])cc(Oc2ccc3c(c2)OCO3)n1. The molecular formula is C13H11N3O5. The van der Waals surface area contributed by atoms with Crippen molar-refractivity contribution in [3.05, 3.63) is 40.4 Å². The number of pyridine rings is 1. The number of fused-ring (bicyclic) bond motifs is 1. The van der Waals surface area contributed by atoms with Crippen molar-refractivity contribution in [2.75, 3.05) is 19.2 Å². The lowest BCUT2D eigenvalue weighted by molar-refractivity contribution is -0.384. The maximum Gasteiger partial charge on any atom is 0.278 e. The molecule has 0 amide bonds. The molecule has 0 fully saturated rings. The predicted octanol–water partition coefficient (Wildman–Crippen LogP) is 2.55. The Hall–Kier alpha value is -3.03. The fraction of sp³-hybridized carbons (Fsp3) is 0.154. The van der Waals surface area contributed by atoms with Crippen LogP contribution < -0.4 is 19.5 Å². The maximum absolute atomic E-state index is 10.9. The topological polar surface area (TPSA) is 95.8 Å². The number of hydrogen-bond acceptors (Lipinski definition) is 7. The van der Waals surface area contributed by atoms with Crippen molar-refractivity contribution in [3.8, 4) is 23.1 Å². The number of hydrogen-bond donors (Lipinski definition) is 1. The minimum Gasteiger partial charge on any atom is -0.454 e. The van der Waals surface area contributed by atoms with Gasteiger partial charge in [0, 0.05) is 13.1 Å². The molecule has 0 atom stereocenters. The fourth-order valence-electron chi connectivity index (χ4n) is 1.84. The lowest BCUT2D eigenvalue weighted by Crippen LogP contribution is -1.98. The van der Waals surface area contributed by atoms with E-state index >= 15 is 0 Å². The normalized spacial score (nSPS) is 12.0. The third-order valence-electron chi connectivity index (χ3n) is 2.82. The van der Waals surface area contributed by atoms with E-state index in [0.717, 1.165) is 0 Å². The molecule has 1 N–H and O–H groups in total. The zero-order chi connectivity index (χ0) is 14.8. The average Bonchev–Trinajstić information content (AvgIpc) is 2.94. The van der Waals surface area contributed by atoms with Gasteiger partial charge >= 0.3 is 0 Å². The maximum atomic E-state index is 10.9. The molecule has 108 valence electrons. The van der Waals surface area contributed by atoms with Crippen molar-refractivity contribution in [3.63, 3.8) is 0 Å². The highest BCUT2D eigenvalue weighted by atomic mass is 16.7. The summed E-state index contributed by atoms with van der Waals surface area (Å²) in [6.45, 7) is 0.164. The third kappa shape index (κ3) is 2.64. The first-order chi connectivity index (χ1) is 10.2. The number of nitrogens with one attached hydrogen (secondary N) is 1. The number of aromatic nitrogens is 1. The van der Waals surface area contributed by atoms with Crippen LogP contribution in [0.25, 0.3) is 0 Å². The standard InChI is InChI=1S/C13H11N3O5/c1-14-12-4-8(16(17)18)5-13(15-12)21-9-2-3-10-11(6-9)20-7-19-10/h2-6H,7H2,1H3,(H,14,15). The van der Waals surface area contributed by atoms with Crippen molar-refractivity contribution in [1.82, 2.24) is 4.98 Å². The van der Waals surface area contributed by atoms with Crippen LogP contribution in [0, 0.1) is 10.1 Å². The van der Waals surface area contributed by atoms with Gasteiger partial charge in [0.1, 0.15) is 11.6 Å². The first-order valence-corrected chi connectivity index (χ1v) is 6.07. The van der Waals surface area contributed by atoms with E-state index in [1.165, 1.54) is 12.1 Å². The van der Waals surface area contributed by atoms with E-state index in [4.69, 9.17) is 14.2 Å². The van der Waals surface area contributed by atoms with Crippen LogP contribution in [0.1, 0.15) is 0 Å². The van der Waals surface area contributed by atoms with E-state index in [1.807, 2.05) is 0 Å². The zero-order valence-electron chi connectivity index (χ0n) is 11.0. The van der Waals surface area contributed by atoms with Gasteiger partial charge in [-0.25, -0.2) is 0 Å². The Morgan fingerprint density at radius 1 is 1.29 bits per heavy atom. The molecule has 8 heteroatoms. The van der Waals surface area contributed by atoms with Crippen molar-refractivity contribution in [1.29, 1.82) is 0 Å². The van der Waals surface area contributed by atoms with Crippen molar-refractivity contribution in [2.45, 2.75) is 0 Å². The molecule has 0 bridgehead atoms. The van der Waals surface area contributed by atoms with Gasteiger partial charge in [0.15, 0.2) is 11.5 Å². The second-order valence-electron chi connectivity index (χ2n) is 4.17. The first-order valence-electron chi connectivity index (χ1n) is 6.07. The Balaban J connectivity index is 1.90. The molecule has 0 unspecified atom stereocenters. The first kappa shape index (κ1) is 13.0. The van der Waals surface area contributed by atoms with E-state index in [9.17, 15) is 10.1 Å². The molecule has 0 aliphatic carbocycles. The van der Waals surface area contributed by atoms with Gasteiger partial charge in [-0.2, -0.15) is 4.98 Å². The van der Waals surface area contributed by atoms with Crippen LogP contribution >= 0.6 is 0 Å². The Kier molecular flexibility index (Phi) is 3.19. The highest BCUT2D eigenvalue weighted by Gasteiger charge is 2.16. The summed E-state index contributed by atoms with van der Waals surface area (Å²) in [5.41, 5.74) is -0.106. The fourth-order valence-corrected chi connectivity index (χ4v) is 1.84. The number of rotatable bonds is 4. The average molecular weight is 289 g/mol. The number of benzene rings is 1. The van der Waals surface area contributed by atoms with Crippen molar-refractivity contribution < 1.29 is 19.1 Å². The molecule has 0 radical (unpaired) electrons. The second kappa shape index (κ2) is 5.16. The molecule has 2 aromatic rings. The van der Waals surface area contributed by atoms with Gasteiger partial charge < -0.3 is 19.5 Å². The molecule has 21 heavy (non-hydrogen) atoms. The van der Waals surface area contributed by atoms with Crippen LogP contribution in [0.4, 0.5) is 11.5 Å². The largest absolute Gasteiger partial charge is 0.454 e. The smallest absolute Gasteiger partial charge is 0.278 e. The summed E-state index contributed by atoms with van der Waals surface area (Å²) >= 11 is 0. The van der Waals surface area contributed by atoms with Crippen LogP contribution in [0.3, 0.4) is 0 Å². The van der Waals surface area contributed by atoms with E-state index in [0.29, 0.717) is 23.1 Å². The number of anilines is 1. The summed E-state index contributed by atoms with van der Waals surface area (Å²) in [5.74, 6) is 2.11. The second-order valence-corrected chi connectivity index (χ2v) is 4.17. The van der Waals surface area contributed by atoms with Gasteiger partial charge in [-0.15, -0.1) is 0 Å². The summed E-state index contributed by atoms with van der Waals surface area (Å²) in [7, 11) is 1.62. The molecule has 2 heterocycles. The Labute approximate surface area is 119 Å². The van der Waals surface area contributed by atoms with Crippen LogP contribution in [0.2, 0.25) is 0 Å². The number of nitro groups is 1. The van der Waals surface area contributed by atoms with Gasteiger partial charge in [0.25, 0.3) is 5.69 Å². The van der Waals surface area contributed by atoms with Crippen LogP contribution in [-0.2, 0) is 0 Å². The summed E-state index contributed by atoms with van der Waals surface area (Å²) in [5, 5.41) is 13.6. The molecule has 3 rings (SSSR count). The van der Waals surface area contributed by atoms with Crippen LogP contribution in [0.5, 0.6) is 23.1 Å². The van der Waals surface area contributed by atoms with Gasteiger partial charge in [-0.05, 0) is 12.1 Å². The highest BCUT2D eigenvalue weighted by molar-refractivity contribution is 5.50. The molecule has 1 aromatic heterocycles. The molecular weight excluding hydrogens is 278 g/mol. The zero-order valence-corrected chi connectivity index (χ0v) is 11.0. The Morgan fingerprint density at radius 3 is 2.86 bits per heavy atom. The monoisotopic (exact) mass is 289 g/mol. The Morgan fingerprint density at radius 2 is 2.10 bits per heavy atom. The van der Waals surface area contributed by atoms with Gasteiger partial charge in [0.05, 0.1) is 17.1 Å². The molecule has 1 aliphatic heterocycles.